The van der Waals surface area contributed by atoms with Crippen molar-refractivity contribution < 1.29 is 4.74 Å². The molecule has 0 aliphatic heterocycles. The van der Waals surface area contributed by atoms with E-state index in [1.165, 1.54) is 25.7 Å². The quantitative estimate of drug-likeness (QED) is 0.694. The summed E-state index contributed by atoms with van der Waals surface area (Å²) in [6, 6.07) is 0. The highest BCUT2D eigenvalue weighted by Gasteiger charge is 2.28. The van der Waals surface area contributed by atoms with Gasteiger partial charge in [0.1, 0.15) is 0 Å². The molecule has 0 aromatic carbocycles. The molecule has 1 nitrogen and oxygen atoms in total. The topological polar surface area (TPSA) is 9.23 Å². The molecule has 0 radical (unpaired) electrons. The van der Waals surface area contributed by atoms with E-state index in [2.05, 4.69) is 29.8 Å². The van der Waals surface area contributed by atoms with Gasteiger partial charge in [-0.1, -0.05) is 36.2 Å². The zero-order valence-corrected chi connectivity index (χ0v) is 10.5. The molecule has 3 atom stereocenters. The molecule has 1 saturated carbocycles. The second kappa shape index (κ2) is 5.35. The Morgan fingerprint density at radius 3 is 2.54 bits per heavy atom. The van der Waals surface area contributed by atoms with Crippen LogP contribution in [0.4, 0.5) is 0 Å². The largest absolute Gasteiger partial charge is 0.381 e. The highest BCUT2D eigenvalue weighted by molar-refractivity contribution is 9.09. The lowest BCUT2D eigenvalue weighted by Crippen LogP contribution is -2.29. The molecule has 0 N–H and O–H groups in total. The van der Waals surface area contributed by atoms with Crippen LogP contribution < -0.4 is 0 Å². The number of rotatable bonds is 3. The van der Waals surface area contributed by atoms with Gasteiger partial charge in [-0.2, -0.15) is 0 Å². The van der Waals surface area contributed by atoms with E-state index in [1.54, 1.807) is 0 Å². The molecule has 0 saturated heterocycles. The van der Waals surface area contributed by atoms with E-state index in [0.29, 0.717) is 10.9 Å². The fraction of sp³-hybridized carbons (Fsp3) is 1.00. The van der Waals surface area contributed by atoms with Crippen molar-refractivity contribution in [3.05, 3.63) is 0 Å². The Bertz CT molecular complexity index is 147. The number of methoxy groups -OCH3 is 1. The van der Waals surface area contributed by atoms with Gasteiger partial charge in [0.25, 0.3) is 0 Å². The fourth-order valence-electron chi connectivity index (χ4n) is 2.23. The van der Waals surface area contributed by atoms with Crippen molar-refractivity contribution in [2.24, 2.45) is 11.8 Å². The van der Waals surface area contributed by atoms with E-state index in [9.17, 15) is 0 Å². The van der Waals surface area contributed by atoms with Gasteiger partial charge in [-0.3, -0.25) is 0 Å². The first kappa shape index (κ1) is 11.5. The third kappa shape index (κ3) is 3.25. The van der Waals surface area contributed by atoms with Gasteiger partial charge >= 0.3 is 0 Å². The first-order valence-corrected chi connectivity index (χ1v) is 6.23. The van der Waals surface area contributed by atoms with Crippen LogP contribution in [-0.2, 0) is 4.74 Å². The van der Waals surface area contributed by atoms with Crippen LogP contribution in [-0.4, -0.2) is 18.0 Å². The number of ether oxygens (including phenoxy) is 1. The summed E-state index contributed by atoms with van der Waals surface area (Å²) < 4.78 is 5.43. The number of hydrogen-bond acceptors (Lipinski definition) is 1. The fourth-order valence-corrected chi connectivity index (χ4v) is 2.71. The zero-order chi connectivity index (χ0) is 9.84. The molecule has 0 heterocycles. The molecular weight excluding hydrogens is 228 g/mol. The minimum atomic E-state index is 0.512. The van der Waals surface area contributed by atoms with Crippen molar-refractivity contribution in [2.75, 3.05) is 7.11 Å². The van der Waals surface area contributed by atoms with Crippen molar-refractivity contribution >= 4 is 15.9 Å². The second-order valence-corrected chi connectivity index (χ2v) is 5.53. The maximum atomic E-state index is 5.43. The third-order valence-electron chi connectivity index (χ3n) is 3.09. The van der Waals surface area contributed by atoms with Crippen molar-refractivity contribution in [1.29, 1.82) is 0 Å². The molecule has 1 aliphatic rings. The van der Waals surface area contributed by atoms with E-state index < -0.39 is 0 Å². The Balaban J connectivity index is 2.41. The van der Waals surface area contributed by atoms with Gasteiger partial charge < -0.3 is 4.74 Å². The van der Waals surface area contributed by atoms with Gasteiger partial charge in [-0.25, -0.2) is 0 Å². The van der Waals surface area contributed by atoms with E-state index in [1.807, 2.05) is 7.11 Å². The maximum Gasteiger partial charge on any atom is 0.0574 e. The normalized spacial score (nSPS) is 32.1. The first-order valence-electron chi connectivity index (χ1n) is 5.32. The van der Waals surface area contributed by atoms with Crippen LogP contribution in [0.5, 0.6) is 0 Å². The van der Waals surface area contributed by atoms with Crippen LogP contribution in [0.15, 0.2) is 0 Å². The van der Waals surface area contributed by atoms with Gasteiger partial charge in [-0.05, 0) is 31.1 Å². The summed E-state index contributed by atoms with van der Waals surface area (Å²) in [4.78, 5) is 0.672. The van der Waals surface area contributed by atoms with E-state index in [4.69, 9.17) is 4.74 Å². The summed E-state index contributed by atoms with van der Waals surface area (Å²) in [6.07, 6.45) is 5.71. The summed E-state index contributed by atoms with van der Waals surface area (Å²) in [5.74, 6) is 1.55. The third-order valence-corrected chi connectivity index (χ3v) is 4.89. The molecule has 1 aliphatic carbocycles. The van der Waals surface area contributed by atoms with Crippen molar-refractivity contribution in [2.45, 2.75) is 50.5 Å². The van der Waals surface area contributed by atoms with Crippen LogP contribution in [0.1, 0.15) is 39.5 Å². The van der Waals surface area contributed by atoms with Crippen molar-refractivity contribution in [3.63, 3.8) is 0 Å². The summed E-state index contributed by atoms with van der Waals surface area (Å²) in [5.41, 5.74) is 0. The molecule has 0 bridgehead atoms. The Labute approximate surface area is 90.4 Å². The number of halogens is 1. The summed E-state index contributed by atoms with van der Waals surface area (Å²) >= 11 is 3.80. The van der Waals surface area contributed by atoms with Gasteiger partial charge in [0.05, 0.1) is 6.10 Å². The average Bonchev–Trinajstić information content (AvgIpc) is 2.16. The molecule has 1 rings (SSSR count). The maximum absolute atomic E-state index is 5.43. The highest BCUT2D eigenvalue weighted by Crippen LogP contribution is 2.34. The SMILES string of the molecule is COC1CCCC(C(Br)C(C)C)C1. The van der Waals surface area contributed by atoms with Crippen molar-refractivity contribution in [1.82, 2.24) is 0 Å². The highest BCUT2D eigenvalue weighted by atomic mass is 79.9. The van der Waals surface area contributed by atoms with E-state index in [0.717, 1.165) is 11.8 Å². The molecule has 0 amide bonds. The lowest BCUT2D eigenvalue weighted by molar-refractivity contribution is 0.0484. The summed E-state index contributed by atoms with van der Waals surface area (Å²) in [6.45, 7) is 4.58. The molecule has 0 aromatic rings. The Kier molecular flexibility index (Phi) is 4.74. The molecule has 0 aromatic heterocycles. The zero-order valence-electron chi connectivity index (χ0n) is 8.92. The standard InChI is InChI=1S/C11H21BrO/c1-8(2)11(12)9-5-4-6-10(7-9)13-3/h8-11H,4-7H2,1-3H3. The monoisotopic (exact) mass is 248 g/mol. The second-order valence-electron chi connectivity index (χ2n) is 4.47. The minimum Gasteiger partial charge on any atom is -0.381 e. The predicted octanol–water partition coefficient (Wildman–Crippen LogP) is 3.61. The smallest absolute Gasteiger partial charge is 0.0574 e. The summed E-state index contributed by atoms with van der Waals surface area (Å²) in [5, 5.41) is 0. The first-order chi connectivity index (χ1) is 6.15. The molecule has 3 unspecified atom stereocenters. The van der Waals surface area contributed by atoms with Crippen LogP contribution in [0.3, 0.4) is 0 Å². The molecule has 13 heavy (non-hydrogen) atoms. The van der Waals surface area contributed by atoms with Crippen molar-refractivity contribution in [3.8, 4) is 0 Å². The lowest BCUT2D eigenvalue weighted by atomic mass is 9.82. The van der Waals surface area contributed by atoms with E-state index in [-0.39, 0.29) is 0 Å². The Hall–Kier alpha value is 0.440. The van der Waals surface area contributed by atoms with Crippen LogP contribution in [0, 0.1) is 11.8 Å². The van der Waals surface area contributed by atoms with Gasteiger partial charge in [-0.15, -0.1) is 0 Å². The summed E-state index contributed by atoms with van der Waals surface area (Å²) in [7, 11) is 1.84. The number of alkyl halides is 1. The van der Waals surface area contributed by atoms with Gasteiger partial charge in [0.15, 0.2) is 0 Å². The van der Waals surface area contributed by atoms with E-state index >= 15 is 0 Å². The van der Waals surface area contributed by atoms with Crippen LogP contribution in [0.25, 0.3) is 0 Å². The lowest BCUT2D eigenvalue weighted by Gasteiger charge is -2.33. The van der Waals surface area contributed by atoms with Gasteiger partial charge in [0.2, 0.25) is 0 Å². The predicted molar refractivity (Wildman–Crippen MR) is 60.3 cm³/mol. The molecule has 78 valence electrons. The van der Waals surface area contributed by atoms with Crippen LogP contribution in [0.2, 0.25) is 0 Å². The molecular formula is C11H21BrO. The molecule has 2 heteroatoms. The Morgan fingerprint density at radius 2 is 2.00 bits per heavy atom. The van der Waals surface area contributed by atoms with Gasteiger partial charge in [0, 0.05) is 11.9 Å². The minimum absolute atomic E-state index is 0.512. The van der Waals surface area contributed by atoms with Crippen LogP contribution >= 0.6 is 15.9 Å². The number of hydrogen-bond donors (Lipinski definition) is 0. The average molecular weight is 249 g/mol. The Morgan fingerprint density at radius 1 is 1.31 bits per heavy atom. The molecule has 0 spiro atoms. The molecule has 1 fully saturated rings.